The van der Waals surface area contributed by atoms with Crippen LogP contribution in [0.5, 0.6) is 0 Å². The molecule has 4 nitrogen and oxygen atoms in total. The second-order valence-corrected chi connectivity index (χ2v) is 5.97. The molecule has 0 aromatic carbocycles. The molecule has 20 heavy (non-hydrogen) atoms. The van der Waals surface area contributed by atoms with E-state index in [-0.39, 0.29) is 30.9 Å². The van der Waals surface area contributed by atoms with Gasteiger partial charge in [-0.2, -0.15) is 0 Å². The second-order valence-electron chi connectivity index (χ2n) is 5.97. The summed E-state index contributed by atoms with van der Waals surface area (Å²) in [5, 5.41) is 0. The summed E-state index contributed by atoms with van der Waals surface area (Å²) in [5.74, 6) is 0.752. The molecule has 0 spiro atoms. The highest BCUT2D eigenvalue weighted by Crippen LogP contribution is 2.41. The van der Waals surface area contributed by atoms with Gasteiger partial charge >= 0.3 is 11.9 Å². The predicted octanol–water partition coefficient (Wildman–Crippen LogP) is 3.23. The van der Waals surface area contributed by atoms with Crippen LogP contribution in [0.25, 0.3) is 0 Å². The Labute approximate surface area is 121 Å². The highest BCUT2D eigenvalue weighted by atomic mass is 16.5. The van der Waals surface area contributed by atoms with Crippen molar-refractivity contribution in [2.45, 2.75) is 70.8 Å². The van der Waals surface area contributed by atoms with Crippen molar-refractivity contribution < 1.29 is 19.1 Å². The molecular weight excluding hydrogens is 256 g/mol. The lowest BCUT2D eigenvalue weighted by Crippen LogP contribution is -2.37. The molecule has 3 atom stereocenters. The fourth-order valence-electron chi connectivity index (χ4n) is 3.69. The number of esters is 2. The third-order valence-electron chi connectivity index (χ3n) is 4.63. The molecule has 0 saturated heterocycles. The Morgan fingerprint density at radius 2 is 1.65 bits per heavy atom. The summed E-state index contributed by atoms with van der Waals surface area (Å²) in [4.78, 5) is 23.1. The molecule has 4 heteroatoms. The molecule has 0 amide bonds. The van der Waals surface area contributed by atoms with Gasteiger partial charge in [-0.1, -0.05) is 19.3 Å². The van der Waals surface area contributed by atoms with Gasteiger partial charge in [0.1, 0.15) is 6.10 Å². The van der Waals surface area contributed by atoms with E-state index < -0.39 is 0 Å². The summed E-state index contributed by atoms with van der Waals surface area (Å²) in [6.07, 6.45) is 8.89. The first-order chi connectivity index (χ1) is 9.70. The van der Waals surface area contributed by atoms with Crippen molar-refractivity contribution in [1.82, 2.24) is 0 Å². The lowest BCUT2D eigenvalue weighted by atomic mass is 9.69. The Morgan fingerprint density at radius 3 is 2.45 bits per heavy atom. The number of carbonyl (C=O) groups is 2. The van der Waals surface area contributed by atoms with Crippen LogP contribution in [0, 0.1) is 11.8 Å². The van der Waals surface area contributed by atoms with Crippen molar-refractivity contribution in [3.8, 4) is 0 Å². The van der Waals surface area contributed by atoms with Crippen LogP contribution in [0.1, 0.15) is 64.7 Å². The molecule has 2 aliphatic rings. The monoisotopic (exact) mass is 282 g/mol. The molecule has 0 bridgehead atoms. The smallest absolute Gasteiger partial charge is 0.306 e. The molecule has 114 valence electrons. The summed E-state index contributed by atoms with van der Waals surface area (Å²) < 4.78 is 10.5. The van der Waals surface area contributed by atoms with Crippen molar-refractivity contribution in [2.24, 2.45) is 11.8 Å². The molecule has 0 heterocycles. The maximum Gasteiger partial charge on any atom is 0.306 e. The van der Waals surface area contributed by atoms with Crippen molar-refractivity contribution in [3.05, 3.63) is 0 Å². The molecule has 3 unspecified atom stereocenters. The van der Waals surface area contributed by atoms with Gasteiger partial charge in [0.15, 0.2) is 0 Å². The number of fused-ring (bicyclic) bond motifs is 1. The fraction of sp³-hybridized carbons (Fsp3) is 0.875. The zero-order chi connectivity index (χ0) is 14.4. The first-order valence-electron chi connectivity index (χ1n) is 8.05. The van der Waals surface area contributed by atoms with Crippen molar-refractivity contribution in [1.29, 1.82) is 0 Å². The van der Waals surface area contributed by atoms with E-state index in [9.17, 15) is 9.59 Å². The molecule has 2 saturated carbocycles. The van der Waals surface area contributed by atoms with Gasteiger partial charge in [-0.15, -0.1) is 0 Å². The van der Waals surface area contributed by atoms with Gasteiger partial charge in [0.2, 0.25) is 0 Å². The van der Waals surface area contributed by atoms with E-state index in [1.807, 2.05) is 0 Å². The highest BCUT2D eigenvalue weighted by Gasteiger charge is 2.36. The first-order valence-corrected chi connectivity index (χ1v) is 8.05. The number of rotatable bonds is 5. The van der Waals surface area contributed by atoms with Gasteiger partial charge in [0, 0.05) is 0 Å². The van der Waals surface area contributed by atoms with Gasteiger partial charge in [0.25, 0.3) is 0 Å². The molecule has 2 fully saturated rings. The predicted molar refractivity (Wildman–Crippen MR) is 75.0 cm³/mol. The Bertz CT molecular complexity index is 337. The molecule has 0 aromatic rings. The standard InChI is InChI=1S/C16H26O4/c1-2-19-15(17)10-11-16(18)20-14-9-5-7-12-6-3-4-8-13(12)14/h12-14H,2-11H2,1H3. The molecule has 0 aromatic heterocycles. The van der Waals surface area contributed by atoms with Crippen molar-refractivity contribution >= 4 is 11.9 Å². The number of ether oxygens (including phenoxy) is 2. The van der Waals surface area contributed by atoms with Gasteiger partial charge in [-0.05, 0) is 44.4 Å². The highest BCUT2D eigenvalue weighted by molar-refractivity contribution is 5.77. The van der Waals surface area contributed by atoms with Crippen LogP contribution >= 0.6 is 0 Å². The summed E-state index contributed by atoms with van der Waals surface area (Å²) in [6, 6.07) is 0. The minimum atomic E-state index is -0.316. The van der Waals surface area contributed by atoms with E-state index in [0.29, 0.717) is 12.5 Å². The zero-order valence-electron chi connectivity index (χ0n) is 12.4. The minimum absolute atomic E-state index is 0.0868. The largest absolute Gasteiger partial charge is 0.466 e. The van der Waals surface area contributed by atoms with Crippen LogP contribution in [-0.2, 0) is 19.1 Å². The average molecular weight is 282 g/mol. The fourth-order valence-corrected chi connectivity index (χ4v) is 3.69. The van der Waals surface area contributed by atoms with Gasteiger partial charge in [0.05, 0.1) is 19.4 Å². The van der Waals surface area contributed by atoms with Crippen LogP contribution in [-0.4, -0.2) is 24.6 Å². The summed E-state index contributed by atoms with van der Waals surface area (Å²) >= 11 is 0. The zero-order valence-corrected chi connectivity index (χ0v) is 12.4. The van der Waals surface area contributed by atoms with Crippen LogP contribution in [0.3, 0.4) is 0 Å². The summed E-state index contributed by atoms with van der Waals surface area (Å²) in [5.41, 5.74) is 0. The Balaban J connectivity index is 1.76. The Kier molecular flexibility index (Phi) is 5.86. The first kappa shape index (κ1) is 15.3. The SMILES string of the molecule is CCOC(=O)CCC(=O)OC1CCCC2CCCCC21. The molecular formula is C16H26O4. The van der Waals surface area contributed by atoms with E-state index in [2.05, 4.69) is 0 Å². The maximum atomic E-state index is 11.9. The van der Waals surface area contributed by atoms with Gasteiger partial charge < -0.3 is 9.47 Å². The minimum Gasteiger partial charge on any atom is -0.466 e. The van der Waals surface area contributed by atoms with Crippen LogP contribution in [0.2, 0.25) is 0 Å². The summed E-state index contributed by atoms with van der Waals surface area (Å²) in [6.45, 7) is 2.13. The van der Waals surface area contributed by atoms with Crippen LogP contribution in [0.4, 0.5) is 0 Å². The number of carbonyl (C=O) groups excluding carboxylic acids is 2. The lowest BCUT2D eigenvalue weighted by Gasteiger charge is -2.40. The second kappa shape index (κ2) is 7.65. The van der Waals surface area contributed by atoms with Gasteiger partial charge in [-0.3, -0.25) is 9.59 Å². The van der Waals surface area contributed by atoms with Crippen molar-refractivity contribution in [2.75, 3.05) is 6.61 Å². The molecule has 2 aliphatic carbocycles. The summed E-state index contributed by atoms with van der Waals surface area (Å²) in [7, 11) is 0. The average Bonchev–Trinajstić information content (AvgIpc) is 2.46. The molecule has 0 N–H and O–H groups in total. The van der Waals surface area contributed by atoms with E-state index in [0.717, 1.165) is 18.8 Å². The number of hydrogen-bond acceptors (Lipinski definition) is 4. The topological polar surface area (TPSA) is 52.6 Å². The third kappa shape index (κ3) is 4.22. The maximum absolute atomic E-state index is 11.9. The van der Waals surface area contributed by atoms with Gasteiger partial charge in [-0.25, -0.2) is 0 Å². The van der Waals surface area contributed by atoms with E-state index in [4.69, 9.17) is 9.47 Å². The molecule has 2 rings (SSSR count). The normalized spacial score (nSPS) is 29.4. The van der Waals surface area contributed by atoms with E-state index in [1.165, 1.54) is 32.1 Å². The Hall–Kier alpha value is -1.06. The van der Waals surface area contributed by atoms with Crippen LogP contribution in [0.15, 0.2) is 0 Å². The van der Waals surface area contributed by atoms with Crippen LogP contribution < -0.4 is 0 Å². The molecule has 0 radical (unpaired) electrons. The van der Waals surface area contributed by atoms with Crippen molar-refractivity contribution in [3.63, 3.8) is 0 Å². The third-order valence-corrected chi connectivity index (χ3v) is 4.63. The number of hydrogen-bond donors (Lipinski definition) is 0. The molecule has 0 aliphatic heterocycles. The Morgan fingerprint density at radius 1 is 0.950 bits per heavy atom. The van der Waals surface area contributed by atoms with E-state index in [1.54, 1.807) is 6.92 Å². The lowest BCUT2D eigenvalue weighted by molar-refractivity contribution is -0.159. The quantitative estimate of drug-likeness (QED) is 0.726. The van der Waals surface area contributed by atoms with E-state index >= 15 is 0 Å².